The van der Waals surface area contributed by atoms with Gasteiger partial charge in [-0.15, -0.1) is 0 Å². The minimum absolute atomic E-state index is 0.164. The van der Waals surface area contributed by atoms with Gasteiger partial charge in [0, 0.05) is 5.54 Å². The predicted octanol–water partition coefficient (Wildman–Crippen LogP) is 2.32. The van der Waals surface area contributed by atoms with E-state index in [2.05, 4.69) is 26.1 Å². The van der Waals surface area contributed by atoms with Crippen LogP contribution in [0.5, 0.6) is 5.75 Å². The predicted molar refractivity (Wildman–Crippen MR) is 59.6 cm³/mol. The summed E-state index contributed by atoms with van der Waals surface area (Å²) < 4.78 is 0. The van der Waals surface area contributed by atoms with E-state index >= 15 is 0 Å². The molecule has 0 bridgehead atoms. The molecule has 0 fully saturated rings. The average molecular weight is 193 g/mol. The smallest absolute Gasteiger partial charge is 0.115 e. The highest BCUT2D eigenvalue weighted by molar-refractivity contribution is 5.27. The van der Waals surface area contributed by atoms with Crippen LogP contribution in [0.25, 0.3) is 0 Å². The molecule has 2 heteroatoms. The lowest BCUT2D eigenvalue weighted by atomic mass is 10.1. The summed E-state index contributed by atoms with van der Waals surface area (Å²) in [6.45, 7) is 7.38. The monoisotopic (exact) mass is 193 g/mol. The molecule has 1 aromatic rings. The summed E-state index contributed by atoms with van der Waals surface area (Å²) in [6, 6.07) is 7.41. The molecule has 14 heavy (non-hydrogen) atoms. The van der Waals surface area contributed by atoms with Gasteiger partial charge in [0.2, 0.25) is 0 Å². The Morgan fingerprint density at radius 2 is 2.00 bits per heavy atom. The van der Waals surface area contributed by atoms with Gasteiger partial charge in [0.05, 0.1) is 0 Å². The SMILES string of the molecule is CC(C)(C)NCCc1cccc(O)c1. The highest BCUT2D eigenvalue weighted by Crippen LogP contribution is 2.11. The van der Waals surface area contributed by atoms with Crippen LogP contribution >= 0.6 is 0 Å². The highest BCUT2D eigenvalue weighted by Gasteiger charge is 2.07. The van der Waals surface area contributed by atoms with Crippen molar-refractivity contribution in [3.05, 3.63) is 29.8 Å². The molecule has 0 spiro atoms. The Balaban J connectivity index is 2.39. The summed E-state index contributed by atoms with van der Waals surface area (Å²) in [5, 5.41) is 12.7. The zero-order valence-corrected chi connectivity index (χ0v) is 9.17. The van der Waals surface area contributed by atoms with Crippen LogP contribution < -0.4 is 5.32 Å². The molecule has 78 valence electrons. The van der Waals surface area contributed by atoms with Crippen molar-refractivity contribution in [3.8, 4) is 5.75 Å². The molecule has 1 rings (SSSR count). The molecule has 2 N–H and O–H groups in total. The number of hydrogen-bond donors (Lipinski definition) is 2. The summed E-state index contributed by atoms with van der Waals surface area (Å²) in [5.74, 6) is 0.346. The van der Waals surface area contributed by atoms with Crippen molar-refractivity contribution in [1.29, 1.82) is 0 Å². The third-order valence-corrected chi connectivity index (χ3v) is 1.98. The molecule has 0 aliphatic rings. The molecule has 0 aliphatic carbocycles. The Hall–Kier alpha value is -1.02. The molecule has 2 nitrogen and oxygen atoms in total. The Morgan fingerprint density at radius 1 is 1.29 bits per heavy atom. The molecule has 0 amide bonds. The number of rotatable bonds is 3. The second-order valence-corrected chi connectivity index (χ2v) is 4.60. The Labute approximate surface area is 86.0 Å². The summed E-state index contributed by atoms with van der Waals surface area (Å²) >= 11 is 0. The molecule has 0 aromatic heterocycles. The quantitative estimate of drug-likeness (QED) is 0.772. The molecular weight excluding hydrogens is 174 g/mol. The van der Waals surface area contributed by atoms with E-state index in [0.717, 1.165) is 13.0 Å². The number of phenolic OH excluding ortho intramolecular Hbond substituents is 1. The standard InChI is InChI=1S/C12H19NO/c1-12(2,3)13-8-7-10-5-4-6-11(14)9-10/h4-6,9,13-14H,7-8H2,1-3H3. The zero-order valence-electron chi connectivity index (χ0n) is 9.17. The van der Waals surface area contributed by atoms with Gasteiger partial charge in [-0.3, -0.25) is 0 Å². The third-order valence-electron chi connectivity index (χ3n) is 1.98. The average Bonchev–Trinajstić information content (AvgIpc) is 2.01. The van der Waals surface area contributed by atoms with Crippen molar-refractivity contribution in [2.45, 2.75) is 32.7 Å². The first-order chi connectivity index (χ1) is 6.47. The molecule has 0 radical (unpaired) electrons. The largest absolute Gasteiger partial charge is 0.508 e. The fourth-order valence-electron chi connectivity index (χ4n) is 1.29. The van der Waals surface area contributed by atoms with Crippen molar-refractivity contribution in [1.82, 2.24) is 5.32 Å². The molecule has 0 atom stereocenters. The topological polar surface area (TPSA) is 32.3 Å². The van der Waals surface area contributed by atoms with E-state index in [9.17, 15) is 5.11 Å². The van der Waals surface area contributed by atoms with E-state index in [1.807, 2.05) is 18.2 Å². The maximum atomic E-state index is 9.25. The number of hydrogen-bond acceptors (Lipinski definition) is 2. The van der Waals surface area contributed by atoms with Crippen LogP contribution in [0.4, 0.5) is 0 Å². The summed E-state index contributed by atoms with van der Waals surface area (Å²) in [7, 11) is 0. The zero-order chi connectivity index (χ0) is 10.6. The van der Waals surface area contributed by atoms with E-state index in [-0.39, 0.29) is 5.54 Å². The number of benzene rings is 1. The van der Waals surface area contributed by atoms with Crippen LogP contribution in [0.1, 0.15) is 26.3 Å². The second kappa shape index (κ2) is 4.47. The van der Waals surface area contributed by atoms with Crippen molar-refractivity contribution >= 4 is 0 Å². The van der Waals surface area contributed by atoms with Crippen LogP contribution in [0.3, 0.4) is 0 Å². The summed E-state index contributed by atoms with van der Waals surface area (Å²) in [4.78, 5) is 0. The minimum atomic E-state index is 0.164. The fraction of sp³-hybridized carbons (Fsp3) is 0.500. The van der Waals surface area contributed by atoms with Crippen LogP contribution in [-0.2, 0) is 6.42 Å². The van der Waals surface area contributed by atoms with E-state index < -0.39 is 0 Å². The highest BCUT2D eigenvalue weighted by atomic mass is 16.3. The van der Waals surface area contributed by atoms with Crippen molar-refractivity contribution < 1.29 is 5.11 Å². The van der Waals surface area contributed by atoms with Gasteiger partial charge in [-0.1, -0.05) is 12.1 Å². The van der Waals surface area contributed by atoms with Gasteiger partial charge in [-0.2, -0.15) is 0 Å². The van der Waals surface area contributed by atoms with Crippen LogP contribution in [0.2, 0.25) is 0 Å². The Kier molecular flexibility index (Phi) is 3.53. The molecular formula is C12H19NO. The van der Waals surface area contributed by atoms with Crippen molar-refractivity contribution in [2.75, 3.05) is 6.54 Å². The van der Waals surface area contributed by atoms with Gasteiger partial charge in [0.15, 0.2) is 0 Å². The van der Waals surface area contributed by atoms with E-state index in [4.69, 9.17) is 0 Å². The summed E-state index contributed by atoms with van der Waals surface area (Å²) in [6.07, 6.45) is 0.950. The molecule has 0 aliphatic heterocycles. The number of nitrogens with one attached hydrogen (secondary N) is 1. The van der Waals surface area contributed by atoms with Crippen molar-refractivity contribution in [3.63, 3.8) is 0 Å². The van der Waals surface area contributed by atoms with E-state index in [1.54, 1.807) is 6.07 Å². The Morgan fingerprint density at radius 3 is 2.57 bits per heavy atom. The van der Waals surface area contributed by atoms with Gasteiger partial charge >= 0.3 is 0 Å². The minimum Gasteiger partial charge on any atom is -0.508 e. The molecule has 0 unspecified atom stereocenters. The van der Waals surface area contributed by atoms with Crippen LogP contribution in [0.15, 0.2) is 24.3 Å². The molecule has 1 aromatic carbocycles. The lowest BCUT2D eigenvalue weighted by Gasteiger charge is -2.20. The normalized spacial score (nSPS) is 11.6. The van der Waals surface area contributed by atoms with E-state index in [0.29, 0.717) is 5.75 Å². The van der Waals surface area contributed by atoms with E-state index in [1.165, 1.54) is 5.56 Å². The number of aromatic hydroxyl groups is 1. The van der Waals surface area contributed by atoms with Gasteiger partial charge < -0.3 is 10.4 Å². The maximum absolute atomic E-state index is 9.25. The first-order valence-corrected chi connectivity index (χ1v) is 5.00. The van der Waals surface area contributed by atoms with Crippen LogP contribution in [-0.4, -0.2) is 17.2 Å². The molecule has 0 saturated carbocycles. The van der Waals surface area contributed by atoms with Gasteiger partial charge in [-0.25, -0.2) is 0 Å². The van der Waals surface area contributed by atoms with Crippen LogP contribution in [0, 0.1) is 0 Å². The number of phenols is 1. The van der Waals surface area contributed by atoms with Gasteiger partial charge in [-0.05, 0) is 51.4 Å². The van der Waals surface area contributed by atoms with Gasteiger partial charge in [0.25, 0.3) is 0 Å². The fourth-order valence-corrected chi connectivity index (χ4v) is 1.29. The first-order valence-electron chi connectivity index (χ1n) is 5.00. The van der Waals surface area contributed by atoms with Gasteiger partial charge in [0.1, 0.15) is 5.75 Å². The first kappa shape index (κ1) is 11.1. The molecule has 0 heterocycles. The van der Waals surface area contributed by atoms with Crippen molar-refractivity contribution in [2.24, 2.45) is 0 Å². The third kappa shape index (κ3) is 4.28. The lowest BCUT2D eigenvalue weighted by Crippen LogP contribution is -2.37. The maximum Gasteiger partial charge on any atom is 0.115 e. The Bertz CT molecular complexity index is 289. The summed E-state index contributed by atoms with van der Waals surface area (Å²) in [5.41, 5.74) is 1.33. The lowest BCUT2D eigenvalue weighted by molar-refractivity contribution is 0.429. The second-order valence-electron chi connectivity index (χ2n) is 4.60. The molecule has 0 saturated heterocycles.